The van der Waals surface area contributed by atoms with E-state index in [1.54, 1.807) is 7.05 Å². The van der Waals surface area contributed by atoms with Crippen LogP contribution >= 0.6 is 0 Å². The highest BCUT2D eigenvalue weighted by Gasteiger charge is 2.52. The molecule has 1 aliphatic carbocycles. The highest BCUT2D eigenvalue weighted by Crippen LogP contribution is 2.43. The predicted octanol–water partition coefficient (Wildman–Crippen LogP) is 0.774. The fourth-order valence-corrected chi connectivity index (χ4v) is 4.28. The highest BCUT2D eigenvalue weighted by molar-refractivity contribution is 6.05. The van der Waals surface area contributed by atoms with Gasteiger partial charge in [0.25, 0.3) is 0 Å². The Kier molecular flexibility index (Phi) is 4.80. The number of carboxylic acid groups (broad SMARTS) is 1. The van der Waals surface area contributed by atoms with E-state index in [1.807, 2.05) is 4.90 Å². The van der Waals surface area contributed by atoms with E-state index in [1.165, 1.54) is 0 Å². The van der Waals surface area contributed by atoms with Crippen LogP contribution in [0.25, 0.3) is 0 Å². The zero-order valence-corrected chi connectivity index (χ0v) is 14.1. The molecule has 2 heterocycles. The molecule has 2 saturated heterocycles. The van der Waals surface area contributed by atoms with Gasteiger partial charge in [0, 0.05) is 20.1 Å². The first-order valence-electron chi connectivity index (χ1n) is 8.88. The lowest BCUT2D eigenvalue weighted by molar-refractivity contribution is -0.158. The Balaban J connectivity index is 1.55. The second kappa shape index (κ2) is 6.70. The number of nitrogens with one attached hydrogen (secondary N) is 1. The molecule has 0 bridgehead atoms. The van der Waals surface area contributed by atoms with Gasteiger partial charge in [0.1, 0.15) is 5.41 Å². The van der Waals surface area contributed by atoms with Crippen molar-refractivity contribution in [2.45, 2.75) is 57.2 Å². The first kappa shape index (κ1) is 17.2. The molecule has 24 heavy (non-hydrogen) atoms. The van der Waals surface area contributed by atoms with Crippen molar-refractivity contribution in [3.63, 3.8) is 0 Å². The fourth-order valence-electron chi connectivity index (χ4n) is 4.28. The van der Waals surface area contributed by atoms with Crippen LogP contribution in [-0.2, 0) is 19.1 Å². The molecule has 0 aromatic heterocycles. The van der Waals surface area contributed by atoms with Crippen LogP contribution in [0.3, 0.4) is 0 Å². The molecule has 7 heteroatoms. The normalized spacial score (nSPS) is 29.8. The van der Waals surface area contributed by atoms with Crippen molar-refractivity contribution < 1.29 is 24.2 Å². The minimum Gasteiger partial charge on any atom is -0.479 e. The Morgan fingerprint density at radius 3 is 2.25 bits per heavy atom. The van der Waals surface area contributed by atoms with E-state index in [0.717, 1.165) is 25.7 Å². The third kappa shape index (κ3) is 2.90. The second-order valence-electron chi connectivity index (χ2n) is 7.22. The molecule has 1 saturated carbocycles. The van der Waals surface area contributed by atoms with Gasteiger partial charge in [-0.05, 0) is 44.4 Å². The van der Waals surface area contributed by atoms with Gasteiger partial charge in [-0.2, -0.15) is 0 Å². The molecule has 3 aliphatic rings. The van der Waals surface area contributed by atoms with Gasteiger partial charge in [0.2, 0.25) is 11.8 Å². The topological polar surface area (TPSA) is 95.9 Å². The zero-order valence-electron chi connectivity index (χ0n) is 14.1. The number of aliphatic carboxylic acids is 1. The molecule has 3 rings (SSSR count). The number of nitrogens with zero attached hydrogens (tertiary/aromatic N) is 1. The van der Waals surface area contributed by atoms with Gasteiger partial charge in [-0.1, -0.05) is 6.42 Å². The molecule has 7 nitrogen and oxygen atoms in total. The number of carbonyl (C=O) groups is 3. The van der Waals surface area contributed by atoms with E-state index in [4.69, 9.17) is 9.84 Å². The highest BCUT2D eigenvalue weighted by atomic mass is 16.5. The van der Waals surface area contributed by atoms with Crippen LogP contribution in [0.5, 0.6) is 0 Å². The number of likely N-dealkylation sites (tertiary alicyclic amines) is 1. The van der Waals surface area contributed by atoms with Gasteiger partial charge < -0.3 is 20.1 Å². The van der Waals surface area contributed by atoms with Crippen LogP contribution in [0.1, 0.15) is 44.9 Å². The molecular weight excluding hydrogens is 312 g/mol. The summed E-state index contributed by atoms with van der Waals surface area (Å²) in [7, 11) is 1.58. The van der Waals surface area contributed by atoms with E-state index in [0.29, 0.717) is 38.3 Å². The Morgan fingerprint density at radius 1 is 1.12 bits per heavy atom. The van der Waals surface area contributed by atoms with Crippen molar-refractivity contribution in [1.29, 1.82) is 0 Å². The third-order valence-corrected chi connectivity index (χ3v) is 5.96. The number of piperidine rings is 1. The lowest BCUT2D eigenvalue weighted by Gasteiger charge is -2.44. The molecule has 2 amide bonds. The molecule has 0 unspecified atom stereocenters. The van der Waals surface area contributed by atoms with E-state index < -0.39 is 17.5 Å². The lowest BCUT2D eigenvalue weighted by Crippen LogP contribution is -2.57. The molecule has 2 N–H and O–H groups in total. The van der Waals surface area contributed by atoms with Gasteiger partial charge in [-0.3, -0.25) is 9.59 Å². The number of ether oxygens (including phenoxy) is 1. The predicted molar refractivity (Wildman–Crippen MR) is 85.2 cm³/mol. The molecule has 0 spiro atoms. The second-order valence-corrected chi connectivity index (χ2v) is 7.22. The summed E-state index contributed by atoms with van der Waals surface area (Å²) in [4.78, 5) is 37.8. The molecule has 2 atom stereocenters. The Morgan fingerprint density at radius 2 is 1.79 bits per heavy atom. The van der Waals surface area contributed by atoms with Crippen molar-refractivity contribution >= 4 is 17.8 Å². The van der Waals surface area contributed by atoms with Crippen molar-refractivity contribution in [3.05, 3.63) is 0 Å². The quantitative estimate of drug-likeness (QED) is 0.738. The SMILES string of the molecule is CNC(=O)C1(C(=O)N2CCC([C@@H]3CC[C@H](C(=O)O)O3)CC2)CCC1. The maximum Gasteiger partial charge on any atom is 0.332 e. The third-order valence-electron chi connectivity index (χ3n) is 5.96. The number of amides is 2. The standard InChI is InChI=1S/C17H26N2O5/c1-18-15(22)17(7-2-8-17)16(23)19-9-5-11(6-10-19)12-3-4-13(24-12)14(20)21/h11-13H,2-10H2,1H3,(H,18,22)(H,20,21)/t12-,13+/m0/s1. The van der Waals surface area contributed by atoms with Gasteiger partial charge in [0.05, 0.1) is 6.10 Å². The summed E-state index contributed by atoms with van der Waals surface area (Å²) in [5.74, 6) is -0.787. The number of rotatable bonds is 4. The average molecular weight is 338 g/mol. The maximum atomic E-state index is 12.8. The molecule has 0 radical (unpaired) electrons. The van der Waals surface area contributed by atoms with E-state index in [9.17, 15) is 14.4 Å². The Hall–Kier alpha value is -1.63. The monoisotopic (exact) mass is 338 g/mol. The minimum atomic E-state index is -0.886. The summed E-state index contributed by atoms with van der Waals surface area (Å²) in [6.07, 6.45) is 4.47. The number of hydrogen-bond donors (Lipinski definition) is 2. The number of carboxylic acids is 1. The van der Waals surface area contributed by atoms with Gasteiger partial charge in [-0.15, -0.1) is 0 Å². The van der Waals surface area contributed by atoms with Gasteiger partial charge >= 0.3 is 5.97 Å². The van der Waals surface area contributed by atoms with Crippen molar-refractivity contribution in [2.24, 2.45) is 11.3 Å². The summed E-state index contributed by atoms with van der Waals surface area (Å²) >= 11 is 0. The first-order chi connectivity index (χ1) is 11.5. The Bertz CT molecular complexity index is 523. The van der Waals surface area contributed by atoms with Crippen molar-refractivity contribution in [1.82, 2.24) is 10.2 Å². The first-order valence-corrected chi connectivity index (χ1v) is 8.88. The Labute approximate surface area is 141 Å². The molecule has 2 aliphatic heterocycles. The van der Waals surface area contributed by atoms with Crippen LogP contribution < -0.4 is 5.32 Å². The number of carbonyl (C=O) groups excluding carboxylic acids is 2. The summed E-state index contributed by atoms with van der Waals surface area (Å²) in [5.41, 5.74) is -0.847. The van der Waals surface area contributed by atoms with E-state index in [-0.39, 0.29) is 17.9 Å². The summed E-state index contributed by atoms with van der Waals surface area (Å²) in [6, 6.07) is 0. The summed E-state index contributed by atoms with van der Waals surface area (Å²) < 4.78 is 5.65. The zero-order chi connectivity index (χ0) is 17.3. The maximum absolute atomic E-state index is 12.8. The minimum absolute atomic E-state index is 0.0139. The summed E-state index contributed by atoms with van der Waals surface area (Å²) in [6.45, 7) is 1.25. The summed E-state index contributed by atoms with van der Waals surface area (Å²) in [5, 5.41) is 11.7. The van der Waals surface area contributed by atoms with Crippen LogP contribution in [0.15, 0.2) is 0 Å². The van der Waals surface area contributed by atoms with Gasteiger partial charge in [-0.25, -0.2) is 4.79 Å². The number of hydrogen-bond acceptors (Lipinski definition) is 4. The van der Waals surface area contributed by atoms with E-state index in [2.05, 4.69) is 5.32 Å². The van der Waals surface area contributed by atoms with Crippen LogP contribution in [0, 0.1) is 11.3 Å². The fraction of sp³-hybridized carbons (Fsp3) is 0.824. The largest absolute Gasteiger partial charge is 0.479 e. The molecular formula is C17H26N2O5. The smallest absolute Gasteiger partial charge is 0.332 e. The van der Waals surface area contributed by atoms with Crippen molar-refractivity contribution in [3.8, 4) is 0 Å². The molecule has 134 valence electrons. The van der Waals surface area contributed by atoms with Crippen molar-refractivity contribution in [2.75, 3.05) is 20.1 Å². The molecule has 3 fully saturated rings. The molecule has 0 aromatic rings. The van der Waals surface area contributed by atoms with Gasteiger partial charge in [0.15, 0.2) is 6.10 Å². The van der Waals surface area contributed by atoms with Crippen LogP contribution in [0.4, 0.5) is 0 Å². The molecule has 0 aromatic carbocycles. The van der Waals surface area contributed by atoms with Crippen LogP contribution in [0.2, 0.25) is 0 Å². The van der Waals surface area contributed by atoms with Crippen LogP contribution in [-0.4, -0.2) is 60.1 Å². The lowest BCUT2D eigenvalue weighted by atomic mass is 9.66. The average Bonchev–Trinajstić information content (AvgIpc) is 3.04. The van der Waals surface area contributed by atoms with E-state index >= 15 is 0 Å².